The Hall–Kier alpha value is -1.84. The molecule has 1 aliphatic rings. The third-order valence-corrected chi connectivity index (χ3v) is 4.08. The summed E-state index contributed by atoms with van der Waals surface area (Å²) in [7, 11) is 0. The van der Waals surface area contributed by atoms with Crippen molar-refractivity contribution in [3.63, 3.8) is 0 Å². The summed E-state index contributed by atoms with van der Waals surface area (Å²) in [5.74, 6) is 0.394. The van der Waals surface area contributed by atoms with Crippen LogP contribution in [0.4, 0.5) is 5.69 Å². The van der Waals surface area contributed by atoms with Gasteiger partial charge in [-0.3, -0.25) is 9.59 Å². The zero-order chi connectivity index (χ0) is 15.9. The van der Waals surface area contributed by atoms with Crippen molar-refractivity contribution in [1.29, 1.82) is 0 Å². The number of hydrogen-bond acceptors (Lipinski definition) is 2. The van der Waals surface area contributed by atoms with E-state index < -0.39 is 0 Å². The van der Waals surface area contributed by atoms with Crippen LogP contribution in [0.2, 0.25) is 0 Å². The van der Waals surface area contributed by atoms with E-state index in [1.165, 1.54) is 6.42 Å². The second kappa shape index (κ2) is 7.97. The fraction of sp³-hybridized carbons (Fsp3) is 0.556. The van der Waals surface area contributed by atoms with Crippen molar-refractivity contribution < 1.29 is 9.59 Å². The molecule has 4 nitrogen and oxygen atoms in total. The van der Waals surface area contributed by atoms with Crippen LogP contribution in [0, 0.1) is 11.8 Å². The highest BCUT2D eigenvalue weighted by molar-refractivity contribution is 6.04. The Labute approximate surface area is 132 Å². The number of rotatable bonds is 5. The fourth-order valence-corrected chi connectivity index (χ4v) is 2.78. The lowest BCUT2D eigenvalue weighted by Crippen LogP contribution is -2.30. The van der Waals surface area contributed by atoms with E-state index in [1.54, 1.807) is 12.1 Å². The summed E-state index contributed by atoms with van der Waals surface area (Å²) in [6.07, 6.45) is 5.36. The maximum Gasteiger partial charge on any atom is 0.253 e. The van der Waals surface area contributed by atoms with Crippen molar-refractivity contribution in [2.45, 2.75) is 46.0 Å². The molecule has 1 aromatic carbocycles. The van der Waals surface area contributed by atoms with Crippen molar-refractivity contribution >= 4 is 17.5 Å². The quantitative estimate of drug-likeness (QED) is 0.873. The van der Waals surface area contributed by atoms with Gasteiger partial charge in [0.1, 0.15) is 0 Å². The highest BCUT2D eigenvalue weighted by atomic mass is 16.2. The zero-order valence-electron chi connectivity index (χ0n) is 13.5. The minimum absolute atomic E-state index is 0.0452. The molecule has 0 saturated heterocycles. The molecule has 1 fully saturated rings. The van der Waals surface area contributed by atoms with Gasteiger partial charge in [-0.2, -0.15) is 0 Å². The number of carbonyl (C=O) groups is 2. The van der Waals surface area contributed by atoms with Gasteiger partial charge in [0.15, 0.2) is 0 Å². The van der Waals surface area contributed by atoms with Crippen molar-refractivity contribution in [2.75, 3.05) is 11.9 Å². The third kappa shape index (κ3) is 4.58. The molecule has 0 radical (unpaired) electrons. The van der Waals surface area contributed by atoms with Crippen molar-refractivity contribution in [3.8, 4) is 0 Å². The fourth-order valence-electron chi connectivity index (χ4n) is 2.78. The van der Waals surface area contributed by atoms with E-state index in [4.69, 9.17) is 0 Å². The van der Waals surface area contributed by atoms with Crippen LogP contribution in [0.3, 0.4) is 0 Å². The summed E-state index contributed by atoms with van der Waals surface area (Å²) in [4.78, 5) is 24.6. The molecule has 1 aromatic rings. The number of para-hydroxylation sites is 1. The predicted molar refractivity (Wildman–Crippen MR) is 88.8 cm³/mol. The lowest BCUT2D eigenvalue weighted by molar-refractivity contribution is -0.120. The molecule has 2 rings (SSSR count). The van der Waals surface area contributed by atoms with Gasteiger partial charge in [-0.05, 0) is 30.9 Å². The summed E-state index contributed by atoms with van der Waals surface area (Å²) in [6.45, 7) is 4.73. The highest BCUT2D eigenvalue weighted by Crippen LogP contribution is 2.25. The van der Waals surface area contributed by atoms with Gasteiger partial charge in [-0.25, -0.2) is 0 Å². The van der Waals surface area contributed by atoms with Gasteiger partial charge in [0.25, 0.3) is 5.91 Å². The normalized spacial score (nSPS) is 15.6. The molecule has 4 heteroatoms. The molecule has 0 spiro atoms. The number of nitrogens with one attached hydrogen (secondary N) is 2. The molecule has 0 atom stereocenters. The zero-order valence-corrected chi connectivity index (χ0v) is 13.5. The van der Waals surface area contributed by atoms with Gasteiger partial charge in [-0.1, -0.05) is 45.2 Å². The average Bonchev–Trinajstić information content (AvgIpc) is 2.54. The summed E-state index contributed by atoms with van der Waals surface area (Å²) in [6, 6.07) is 7.22. The smallest absolute Gasteiger partial charge is 0.253 e. The van der Waals surface area contributed by atoms with Crippen LogP contribution in [0.1, 0.15) is 56.3 Å². The van der Waals surface area contributed by atoms with Crippen molar-refractivity contribution in [3.05, 3.63) is 29.8 Å². The monoisotopic (exact) mass is 302 g/mol. The number of carbonyl (C=O) groups excluding carboxylic acids is 2. The second-order valence-electron chi connectivity index (χ2n) is 6.47. The Morgan fingerprint density at radius 2 is 1.82 bits per heavy atom. The molecule has 0 aliphatic heterocycles. The molecule has 0 heterocycles. The van der Waals surface area contributed by atoms with Gasteiger partial charge in [0.2, 0.25) is 5.91 Å². The summed E-state index contributed by atoms with van der Waals surface area (Å²) >= 11 is 0. The molecule has 1 saturated carbocycles. The largest absolute Gasteiger partial charge is 0.352 e. The lowest BCUT2D eigenvalue weighted by atomic mass is 9.88. The number of anilines is 1. The van der Waals surface area contributed by atoms with Gasteiger partial charge < -0.3 is 10.6 Å². The Balaban J connectivity index is 2.04. The minimum atomic E-state index is -0.131. The van der Waals surface area contributed by atoms with E-state index in [2.05, 4.69) is 24.5 Å². The second-order valence-corrected chi connectivity index (χ2v) is 6.47. The number of hydrogen-bond donors (Lipinski definition) is 2. The van der Waals surface area contributed by atoms with Crippen LogP contribution in [-0.4, -0.2) is 18.4 Å². The Bertz CT molecular complexity index is 520. The van der Waals surface area contributed by atoms with E-state index >= 15 is 0 Å². The highest BCUT2D eigenvalue weighted by Gasteiger charge is 2.22. The van der Waals surface area contributed by atoms with Gasteiger partial charge >= 0.3 is 0 Å². The van der Waals surface area contributed by atoms with E-state index in [0.717, 1.165) is 25.7 Å². The summed E-state index contributed by atoms with van der Waals surface area (Å²) in [5.41, 5.74) is 1.15. The van der Waals surface area contributed by atoms with Crippen molar-refractivity contribution in [1.82, 2.24) is 5.32 Å². The molecule has 0 bridgehead atoms. The van der Waals surface area contributed by atoms with Crippen LogP contribution < -0.4 is 10.6 Å². The molecule has 2 N–H and O–H groups in total. The standard InChI is InChI=1S/C18H26N2O2/c1-13(2)12-19-18(22)15-10-6-7-11-16(15)20-17(21)14-8-4-3-5-9-14/h6-7,10-11,13-14H,3-5,8-9,12H2,1-2H3,(H,19,22)(H,20,21). The first-order valence-electron chi connectivity index (χ1n) is 8.26. The molecular weight excluding hydrogens is 276 g/mol. The first-order valence-corrected chi connectivity index (χ1v) is 8.26. The number of benzene rings is 1. The lowest BCUT2D eigenvalue weighted by Gasteiger charge is -2.21. The Morgan fingerprint density at radius 1 is 1.14 bits per heavy atom. The van der Waals surface area contributed by atoms with Crippen LogP contribution in [0.15, 0.2) is 24.3 Å². The summed E-state index contributed by atoms with van der Waals surface area (Å²) in [5, 5.41) is 5.85. The maximum absolute atomic E-state index is 12.4. The van der Waals surface area contributed by atoms with Gasteiger partial charge in [-0.15, -0.1) is 0 Å². The molecule has 1 aliphatic carbocycles. The Kier molecular flexibility index (Phi) is 5.99. The average molecular weight is 302 g/mol. The topological polar surface area (TPSA) is 58.2 Å². The first-order chi connectivity index (χ1) is 10.6. The molecule has 120 valence electrons. The van der Waals surface area contributed by atoms with Gasteiger partial charge in [0.05, 0.1) is 11.3 Å². The first kappa shape index (κ1) is 16.5. The van der Waals surface area contributed by atoms with Crippen LogP contribution in [-0.2, 0) is 4.79 Å². The predicted octanol–water partition coefficient (Wildman–Crippen LogP) is 3.59. The molecular formula is C18H26N2O2. The van der Waals surface area contributed by atoms with Crippen molar-refractivity contribution in [2.24, 2.45) is 11.8 Å². The third-order valence-electron chi connectivity index (χ3n) is 4.08. The maximum atomic E-state index is 12.4. The molecule has 0 aromatic heterocycles. The van der Waals surface area contributed by atoms with E-state index in [-0.39, 0.29) is 17.7 Å². The Morgan fingerprint density at radius 3 is 2.50 bits per heavy atom. The molecule has 2 amide bonds. The molecule has 0 unspecified atom stereocenters. The summed E-state index contributed by atoms with van der Waals surface area (Å²) < 4.78 is 0. The van der Waals surface area contributed by atoms with E-state index in [9.17, 15) is 9.59 Å². The van der Waals surface area contributed by atoms with Crippen LogP contribution in [0.25, 0.3) is 0 Å². The van der Waals surface area contributed by atoms with Crippen LogP contribution in [0.5, 0.6) is 0 Å². The number of amides is 2. The van der Waals surface area contributed by atoms with E-state index in [1.807, 2.05) is 12.1 Å². The minimum Gasteiger partial charge on any atom is -0.352 e. The van der Waals surface area contributed by atoms with E-state index in [0.29, 0.717) is 23.7 Å². The SMILES string of the molecule is CC(C)CNC(=O)c1ccccc1NC(=O)C1CCCCC1. The van der Waals surface area contributed by atoms with Gasteiger partial charge in [0, 0.05) is 12.5 Å². The molecule has 22 heavy (non-hydrogen) atoms. The van der Waals surface area contributed by atoms with Crippen LogP contribution >= 0.6 is 0 Å².